The summed E-state index contributed by atoms with van der Waals surface area (Å²) < 4.78 is 24.3. The average Bonchev–Trinajstić information content (AvgIpc) is 3.68. The molecule has 9 nitrogen and oxygen atoms in total. The van der Waals surface area contributed by atoms with E-state index in [1.165, 1.54) is 23.0 Å². The van der Waals surface area contributed by atoms with Gasteiger partial charge in [0.25, 0.3) is 5.56 Å². The fourth-order valence-corrected chi connectivity index (χ4v) is 6.62. The quantitative estimate of drug-likeness (QED) is 0.165. The number of methoxy groups -OCH3 is 1. The highest BCUT2D eigenvalue weighted by atomic mass is 35.5. The second-order valence-electron chi connectivity index (χ2n) is 11.1. The van der Waals surface area contributed by atoms with Gasteiger partial charge in [0.1, 0.15) is 17.3 Å². The van der Waals surface area contributed by atoms with E-state index in [4.69, 9.17) is 35.2 Å². The van der Waals surface area contributed by atoms with Crippen LogP contribution in [-0.2, 0) is 14.3 Å². The normalized spacial score (nSPS) is 14.5. The Kier molecular flexibility index (Phi) is 9.47. The molecule has 0 bridgehead atoms. The van der Waals surface area contributed by atoms with Crippen molar-refractivity contribution in [3.05, 3.63) is 138 Å². The first-order valence-electron chi connectivity index (χ1n) is 15.2. The molecule has 0 N–H and O–H groups in total. The lowest BCUT2D eigenvalue weighted by molar-refractivity contribution is -0.138. The molecular formula is C37H31ClN2O7S. The van der Waals surface area contributed by atoms with Crippen LogP contribution in [0.1, 0.15) is 54.1 Å². The average molecular weight is 683 g/mol. The van der Waals surface area contributed by atoms with Gasteiger partial charge in [0.15, 0.2) is 4.80 Å². The lowest BCUT2D eigenvalue weighted by Crippen LogP contribution is -2.40. The predicted molar refractivity (Wildman–Crippen MR) is 184 cm³/mol. The standard InChI is InChI=1S/C37H31ClN2O7S/c1-5-45-36(43)31-32(22-9-7-6-8-10-22)39-37-40(33(31)23-11-14-25(15-12-23)46-21(2)3)34(41)30(48-37)20-26-16-18-29(47-26)28-19-24(38)13-17-27(28)35(42)44-4/h6-21,33H,5H2,1-4H3/b30-20-/t33-/m0/s1. The Labute approximate surface area is 285 Å². The molecule has 0 fully saturated rings. The van der Waals surface area contributed by atoms with Crippen LogP contribution in [0.25, 0.3) is 23.1 Å². The summed E-state index contributed by atoms with van der Waals surface area (Å²) in [6.07, 6.45) is 1.59. The molecule has 0 aliphatic carbocycles. The van der Waals surface area contributed by atoms with Crippen molar-refractivity contribution < 1.29 is 28.2 Å². The second-order valence-corrected chi connectivity index (χ2v) is 12.5. The number of halogens is 1. The van der Waals surface area contributed by atoms with E-state index in [0.717, 1.165) is 0 Å². The lowest BCUT2D eigenvalue weighted by atomic mass is 9.93. The van der Waals surface area contributed by atoms with Gasteiger partial charge in [-0.2, -0.15) is 0 Å². The minimum absolute atomic E-state index is 0.0266. The Morgan fingerprint density at radius 3 is 2.46 bits per heavy atom. The Bertz CT molecular complexity index is 2210. The van der Waals surface area contributed by atoms with Crippen LogP contribution >= 0.6 is 22.9 Å². The molecule has 5 aromatic rings. The SMILES string of the molecule is CCOC(=O)C1=C(c2ccccc2)N=c2s/c(=C\c3ccc(-c4cc(Cl)ccc4C(=O)OC)o3)c(=O)n2[C@H]1c1ccc(OC(C)C)cc1. The van der Waals surface area contributed by atoms with Crippen LogP contribution in [0.4, 0.5) is 0 Å². The number of fused-ring (bicyclic) bond motifs is 1. The number of aromatic nitrogens is 1. The van der Waals surface area contributed by atoms with E-state index in [-0.39, 0.29) is 29.4 Å². The first-order chi connectivity index (χ1) is 23.2. The number of benzene rings is 3. The zero-order chi connectivity index (χ0) is 33.9. The Hall–Kier alpha value is -5.19. The van der Waals surface area contributed by atoms with Crippen LogP contribution in [0.2, 0.25) is 5.02 Å². The van der Waals surface area contributed by atoms with E-state index in [1.54, 1.807) is 43.3 Å². The fourth-order valence-electron chi connectivity index (χ4n) is 5.47. The van der Waals surface area contributed by atoms with Crippen LogP contribution < -0.4 is 19.6 Å². The fraction of sp³-hybridized carbons (Fsp3) is 0.189. The van der Waals surface area contributed by atoms with Gasteiger partial charge in [-0.25, -0.2) is 14.6 Å². The van der Waals surface area contributed by atoms with E-state index < -0.39 is 18.0 Å². The molecular weight excluding hydrogens is 652 g/mol. The summed E-state index contributed by atoms with van der Waals surface area (Å²) in [5, 5.41) is 0.416. The van der Waals surface area contributed by atoms with Crippen molar-refractivity contribution in [2.45, 2.75) is 32.9 Å². The molecule has 0 amide bonds. The summed E-state index contributed by atoms with van der Waals surface area (Å²) in [6.45, 7) is 5.76. The van der Waals surface area contributed by atoms with Gasteiger partial charge in [0.2, 0.25) is 0 Å². The Morgan fingerprint density at radius 2 is 1.77 bits per heavy atom. The summed E-state index contributed by atoms with van der Waals surface area (Å²) in [5.74, 6) is 0.291. The van der Waals surface area contributed by atoms with Gasteiger partial charge in [-0.1, -0.05) is 65.4 Å². The van der Waals surface area contributed by atoms with Crippen LogP contribution in [-0.4, -0.2) is 36.3 Å². The summed E-state index contributed by atoms with van der Waals surface area (Å²) in [7, 11) is 1.30. The number of carbonyl (C=O) groups is 2. The van der Waals surface area contributed by atoms with Crippen molar-refractivity contribution in [2.24, 2.45) is 4.99 Å². The highest BCUT2D eigenvalue weighted by Crippen LogP contribution is 2.36. The van der Waals surface area contributed by atoms with E-state index in [9.17, 15) is 14.4 Å². The highest BCUT2D eigenvalue weighted by molar-refractivity contribution is 7.07. The molecule has 0 saturated carbocycles. The topological polar surface area (TPSA) is 109 Å². The number of hydrogen-bond acceptors (Lipinski definition) is 9. The summed E-state index contributed by atoms with van der Waals surface area (Å²) in [4.78, 5) is 45.7. The van der Waals surface area contributed by atoms with Gasteiger partial charge < -0.3 is 18.6 Å². The number of ether oxygens (including phenoxy) is 3. The van der Waals surface area contributed by atoms with Gasteiger partial charge in [-0.3, -0.25) is 9.36 Å². The molecule has 11 heteroatoms. The van der Waals surface area contributed by atoms with Gasteiger partial charge >= 0.3 is 11.9 Å². The number of rotatable bonds is 9. The molecule has 1 aliphatic rings. The lowest BCUT2D eigenvalue weighted by Gasteiger charge is -2.26. The molecule has 3 aromatic carbocycles. The number of nitrogens with zero attached hydrogens (tertiary/aromatic N) is 2. The maximum atomic E-state index is 14.2. The second kappa shape index (κ2) is 13.9. The van der Waals surface area contributed by atoms with Crippen molar-refractivity contribution >= 4 is 46.6 Å². The largest absolute Gasteiger partial charge is 0.491 e. The van der Waals surface area contributed by atoms with Gasteiger partial charge in [0.05, 0.1) is 47.2 Å². The Balaban J connectivity index is 1.53. The number of esters is 2. The minimum Gasteiger partial charge on any atom is -0.491 e. The third-order valence-electron chi connectivity index (χ3n) is 7.49. The maximum absolute atomic E-state index is 14.2. The molecule has 6 rings (SSSR count). The van der Waals surface area contributed by atoms with Crippen molar-refractivity contribution in [1.82, 2.24) is 4.57 Å². The van der Waals surface area contributed by atoms with Gasteiger partial charge in [-0.15, -0.1) is 0 Å². The zero-order valence-corrected chi connectivity index (χ0v) is 28.1. The molecule has 48 heavy (non-hydrogen) atoms. The van der Waals surface area contributed by atoms with Crippen molar-refractivity contribution in [2.75, 3.05) is 13.7 Å². The van der Waals surface area contributed by atoms with E-state index in [1.807, 2.05) is 68.4 Å². The monoisotopic (exact) mass is 682 g/mol. The third-order valence-corrected chi connectivity index (χ3v) is 8.71. The number of thiazole rings is 1. The van der Waals surface area contributed by atoms with Crippen LogP contribution in [0, 0.1) is 0 Å². The van der Waals surface area contributed by atoms with Crippen LogP contribution in [0.3, 0.4) is 0 Å². The molecule has 0 unspecified atom stereocenters. The van der Waals surface area contributed by atoms with Crippen molar-refractivity contribution in [3.63, 3.8) is 0 Å². The molecule has 0 spiro atoms. The number of hydrogen-bond donors (Lipinski definition) is 0. The van der Waals surface area contributed by atoms with Crippen LogP contribution in [0.5, 0.6) is 5.75 Å². The molecule has 1 aliphatic heterocycles. The van der Waals surface area contributed by atoms with Crippen molar-refractivity contribution in [3.8, 4) is 17.1 Å². The maximum Gasteiger partial charge on any atom is 0.338 e. The summed E-state index contributed by atoms with van der Waals surface area (Å²) in [5.41, 5.74) is 2.43. The number of furan rings is 1. The summed E-state index contributed by atoms with van der Waals surface area (Å²) >= 11 is 7.41. The van der Waals surface area contributed by atoms with E-state index in [0.29, 0.717) is 54.0 Å². The summed E-state index contributed by atoms with van der Waals surface area (Å²) in [6, 6.07) is 24.0. The van der Waals surface area contributed by atoms with Crippen LogP contribution in [0.15, 0.2) is 105 Å². The minimum atomic E-state index is -0.841. The first-order valence-corrected chi connectivity index (χ1v) is 16.4. The van der Waals surface area contributed by atoms with Crippen molar-refractivity contribution in [1.29, 1.82) is 0 Å². The zero-order valence-electron chi connectivity index (χ0n) is 26.6. The first kappa shape index (κ1) is 32.7. The van der Waals surface area contributed by atoms with Gasteiger partial charge in [0, 0.05) is 22.2 Å². The van der Waals surface area contributed by atoms with E-state index in [2.05, 4.69) is 0 Å². The highest BCUT2D eigenvalue weighted by Gasteiger charge is 2.35. The molecule has 0 radical (unpaired) electrons. The molecule has 2 aromatic heterocycles. The molecule has 1 atom stereocenters. The predicted octanol–water partition coefficient (Wildman–Crippen LogP) is 6.42. The Morgan fingerprint density at radius 1 is 1.02 bits per heavy atom. The molecule has 3 heterocycles. The van der Waals surface area contributed by atoms with E-state index >= 15 is 0 Å². The smallest absolute Gasteiger partial charge is 0.338 e. The number of carbonyl (C=O) groups excluding carboxylic acids is 2. The molecule has 0 saturated heterocycles. The van der Waals surface area contributed by atoms with Gasteiger partial charge in [-0.05, 0) is 68.8 Å². The third kappa shape index (κ3) is 6.49. The molecule has 244 valence electrons.